The van der Waals surface area contributed by atoms with Gasteiger partial charge in [-0.05, 0) is 35.4 Å². The highest BCUT2D eigenvalue weighted by Crippen LogP contribution is 2.21. The Morgan fingerprint density at radius 3 is 2.19 bits per heavy atom. The number of hydrogen-bond acceptors (Lipinski definition) is 3. The van der Waals surface area contributed by atoms with Gasteiger partial charge in [-0.3, -0.25) is 14.8 Å². The van der Waals surface area contributed by atoms with Gasteiger partial charge in [0.15, 0.2) is 0 Å². The average Bonchev–Trinajstić information content (AvgIpc) is 2.53. The highest BCUT2D eigenvalue weighted by molar-refractivity contribution is 5.96. The minimum atomic E-state index is -0.557. The predicted octanol–water partition coefficient (Wildman–Crippen LogP) is 2.17. The molecule has 0 aliphatic rings. The molecule has 2 aromatic rings. The number of hydroxylamine groups is 1. The van der Waals surface area contributed by atoms with Gasteiger partial charge >= 0.3 is 0 Å². The molecule has 2 amide bonds. The zero-order valence-corrected chi connectivity index (χ0v) is 11.8. The Kier molecular flexibility index (Phi) is 4.35. The standard InChI is InChI=1S/C16H16N2O3/c1-18(2)16(20)14-5-3-4-13(10-14)11-6-8-12(9-7-11)15(19)17-21/h3-10,21H,1-2H3,(H,17,19). The molecule has 0 saturated carbocycles. The normalized spacial score (nSPS) is 10.0. The number of nitrogens with zero attached hydrogens (tertiary/aromatic N) is 1. The van der Waals surface area contributed by atoms with Gasteiger partial charge in [-0.1, -0.05) is 24.3 Å². The van der Waals surface area contributed by atoms with Crippen molar-refractivity contribution in [2.24, 2.45) is 0 Å². The van der Waals surface area contributed by atoms with E-state index in [1.165, 1.54) is 4.90 Å². The van der Waals surface area contributed by atoms with E-state index in [2.05, 4.69) is 0 Å². The van der Waals surface area contributed by atoms with Gasteiger partial charge in [0.05, 0.1) is 0 Å². The van der Waals surface area contributed by atoms with Crippen molar-refractivity contribution in [3.05, 3.63) is 59.7 Å². The van der Waals surface area contributed by atoms with Gasteiger partial charge in [0.1, 0.15) is 0 Å². The fraction of sp³-hybridized carbons (Fsp3) is 0.125. The van der Waals surface area contributed by atoms with Crippen molar-refractivity contribution in [1.29, 1.82) is 0 Å². The van der Waals surface area contributed by atoms with Crippen molar-refractivity contribution < 1.29 is 14.8 Å². The Hall–Kier alpha value is -2.66. The molecule has 0 aliphatic carbocycles. The summed E-state index contributed by atoms with van der Waals surface area (Å²) in [6, 6.07) is 14.0. The molecule has 21 heavy (non-hydrogen) atoms. The van der Waals surface area contributed by atoms with Gasteiger partial charge < -0.3 is 4.90 Å². The second-order valence-electron chi connectivity index (χ2n) is 4.80. The van der Waals surface area contributed by atoms with Crippen molar-refractivity contribution in [3.8, 4) is 11.1 Å². The minimum absolute atomic E-state index is 0.0619. The highest BCUT2D eigenvalue weighted by atomic mass is 16.5. The average molecular weight is 284 g/mol. The molecule has 0 saturated heterocycles. The lowest BCUT2D eigenvalue weighted by Crippen LogP contribution is -2.21. The van der Waals surface area contributed by atoms with E-state index in [0.717, 1.165) is 11.1 Å². The van der Waals surface area contributed by atoms with E-state index in [1.54, 1.807) is 49.9 Å². The molecule has 2 N–H and O–H groups in total. The summed E-state index contributed by atoms with van der Waals surface area (Å²) in [5.74, 6) is -0.619. The Labute approximate surface area is 122 Å². The molecular weight excluding hydrogens is 268 g/mol. The number of rotatable bonds is 3. The Morgan fingerprint density at radius 1 is 0.952 bits per heavy atom. The molecule has 0 spiro atoms. The molecular formula is C16H16N2O3. The summed E-state index contributed by atoms with van der Waals surface area (Å²) in [5, 5.41) is 8.58. The Balaban J connectivity index is 2.32. The third-order valence-corrected chi connectivity index (χ3v) is 3.10. The number of hydrogen-bond donors (Lipinski definition) is 2. The maximum absolute atomic E-state index is 12.0. The van der Waals surface area contributed by atoms with E-state index in [0.29, 0.717) is 11.1 Å². The summed E-state index contributed by atoms with van der Waals surface area (Å²) >= 11 is 0. The fourth-order valence-corrected chi connectivity index (χ4v) is 1.97. The van der Waals surface area contributed by atoms with E-state index >= 15 is 0 Å². The van der Waals surface area contributed by atoms with E-state index < -0.39 is 5.91 Å². The molecule has 0 heterocycles. The van der Waals surface area contributed by atoms with Crippen molar-refractivity contribution in [2.75, 3.05) is 14.1 Å². The van der Waals surface area contributed by atoms with Crippen LogP contribution >= 0.6 is 0 Å². The van der Waals surface area contributed by atoms with Gasteiger partial charge in [-0.25, -0.2) is 5.48 Å². The molecule has 0 aromatic heterocycles. The number of benzene rings is 2. The molecule has 108 valence electrons. The number of carbonyl (C=O) groups is 2. The van der Waals surface area contributed by atoms with Crippen molar-refractivity contribution >= 4 is 11.8 Å². The first-order chi connectivity index (χ1) is 10.0. The SMILES string of the molecule is CN(C)C(=O)c1cccc(-c2ccc(C(=O)NO)cc2)c1. The van der Waals surface area contributed by atoms with Crippen LogP contribution in [0.1, 0.15) is 20.7 Å². The number of carbonyl (C=O) groups excluding carboxylic acids is 2. The second-order valence-corrected chi connectivity index (χ2v) is 4.80. The van der Waals surface area contributed by atoms with Crippen LogP contribution in [0.2, 0.25) is 0 Å². The minimum Gasteiger partial charge on any atom is -0.345 e. The van der Waals surface area contributed by atoms with Crippen LogP contribution in [0.5, 0.6) is 0 Å². The third kappa shape index (κ3) is 3.27. The Morgan fingerprint density at radius 2 is 1.62 bits per heavy atom. The van der Waals surface area contributed by atoms with Gasteiger partial charge in [0, 0.05) is 25.2 Å². The lowest BCUT2D eigenvalue weighted by molar-refractivity contribution is 0.0706. The van der Waals surface area contributed by atoms with Crippen LogP contribution in [0, 0.1) is 0 Å². The predicted molar refractivity (Wildman–Crippen MR) is 79.1 cm³/mol. The zero-order valence-electron chi connectivity index (χ0n) is 11.8. The molecule has 0 bridgehead atoms. The van der Waals surface area contributed by atoms with E-state index in [-0.39, 0.29) is 5.91 Å². The smallest absolute Gasteiger partial charge is 0.274 e. The zero-order chi connectivity index (χ0) is 15.4. The van der Waals surface area contributed by atoms with E-state index in [4.69, 9.17) is 5.21 Å². The molecule has 2 rings (SSSR count). The van der Waals surface area contributed by atoms with Crippen LogP contribution in [0.3, 0.4) is 0 Å². The summed E-state index contributed by atoms with van der Waals surface area (Å²) in [5.41, 5.74) is 4.33. The van der Waals surface area contributed by atoms with Gasteiger partial charge in [0.25, 0.3) is 11.8 Å². The lowest BCUT2D eigenvalue weighted by Gasteiger charge is -2.11. The highest BCUT2D eigenvalue weighted by Gasteiger charge is 2.09. The third-order valence-electron chi connectivity index (χ3n) is 3.10. The fourth-order valence-electron chi connectivity index (χ4n) is 1.97. The molecule has 0 unspecified atom stereocenters. The monoisotopic (exact) mass is 284 g/mol. The van der Waals surface area contributed by atoms with E-state index in [9.17, 15) is 9.59 Å². The van der Waals surface area contributed by atoms with Gasteiger partial charge in [-0.15, -0.1) is 0 Å². The van der Waals surface area contributed by atoms with Crippen LogP contribution in [-0.4, -0.2) is 36.0 Å². The summed E-state index contributed by atoms with van der Waals surface area (Å²) in [7, 11) is 3.41. The molecule has 2 aromatic carbocycles. The van der Waals surface area contributed by atoms with Crippen molar-refractivity contribution in [3.63, 3.8) is 0 Å². The maximum atomic E-state index is 12.0. The van der Waals surface area contributed by atoms with Crippen molar-refractivity contribution in [2.45, 2.75) is 0 Å². The quantitative estimate of drug-likeness (QED) is 0.670. The van der Waals surface area contributed by atoms with Crippen LogP contribution in [0.15, 0.2) is 48.5 Å². The van der Waals surface area contributed by atoms with E-state index in [1.807, 2.05) is 18.2 Å². The molecule has 5 heteroatoms. The summed E-state index contributed by atoms with van der Waals surface area (Å²) < 4.78 is 0. The van der Waals surface area contributed by atoms with Gasteiger partial charge in [0.2, 0.25) is 0 Å². The summed E-state index contributed by atoms with van der Waals surface area (Å²) in [4.78, 5) is 24.7. The van der Waals surface area contributed by atoms with Crippen LogP contribution in [0.4, 0.5) is 0 Å². The summed E-state index contributed by atoms with van der Waals surface area (Å²) in [6.45, 7) is 0. The van der Waals surface area contributed by atoms with Crippen LogP contribution < -0.4 is 5.48 Å². The molecule has 5 nitrogen and oxygen atoms in total. The molecule has 0 atom stereocenters. The number of nitrogens with one attached hydrogen (secondary N) is 1. The summed E-state index contributed by atoms with van der Waals surface area (Å²) in [6.07, 6.45) is 0. The van der Waals surface area contributed by atoms with Crippen LogP contribution in [0.25, 0.3) is 11.1 Å². The topological polar surface area (TPSA) is 69.6 Å². The molecule has 0 fully saturated rings. The second kappa shape index (κ2) is 6.19. The lowest BCUT2D eigenvalue weighted by atomic mass is 10.0. The largest absolute Gasteiger partial charge is 0.345 e. The maximum Gasteiger partial charge on any atom is 0.274 e. The first-order valence-electron chi connectivity index (χ1n) is 6.39. The Bertz CT molecular complexity index is 663. The molecule has 0 aliphatic heterocycles. The molecule has 0 radical (unpaired) electrons. The van der Waals surface area contributed by atoms with Crippen LogP contribution in [-0.2, 0) is 0 Å². The first-order valence-corrected chi connectivity index (χ1v) is 6.39. The number of amides is 2. The van der Waals surface area contributed by atoms with Gasteiger partial charge in [-0.2, -0.15) is 0 Å². The first kappa shape index (κ1) is 14.7. The van der Waals surface area contributed by atoms with Crippen molar-refractivity contribution in [1.82, 2.24) is 10.4 Å².